The van der Waals surface area contributed by atoms with Gasteiger partial charge in [-0.05, 0) is 93.0 Å². The van der Waals surface area contributed by atoms with E-state index in [0.29, 0.717) is 29.7 Å². The largest absolute Gasteiger partial charge is 0.496 e. The van der Waals surface area contributed by atoms with Crippen molar-refractivity contribution in [2.24, 2.45) is 5.92 Å². The van der Waals surface area contributed by atoms with Crippen LogP contribution in [0.2, 0.25) is 0 Å². The molecule has 2 aromatic carbocycles. The van der Waals surface area contributed by atoms with Crippen LogP contribution in [0.4, 0.5) is 0 Å². The average Bonchev–Trinajstić information content (AvgIpc) is 3.55. The van der Waals surface area contributed by atoms with Gasteiger partial charge in [0.1, 0.15) is 17.2 Å². The van der Waals surface area contributed by atoms with E-state index >= 15 is 0 Å². The number of Topliss-reactive ketones (excluding diaryl/α,β-unsaturated/α-hetero) is 1. The van der Waals surface area contributed by atoms with Gasteiger partial charge in [-0.25, -0.2) is 0 Å². The van der Waals surface area contributed by atoms with Crippen molar-refractivity contribution in [1.82, 2.24) is 20.6 Å². The van der Waals surface area contributed by atoms with Crippen LogP contribution in [0.3, 0.4) is 0 Å². The number of hydrogen-bond donors (Lipinski definition) is 1. The molecule has 8 heteroatoms. The third-order valence-corrected chi connectivity index (χ3v) is 7.36. The van der Waals surface area contributed by atoms with Gasteiger partial charge in [-0.15, -0.1) is 10.2 Å². The highest BCUT2D eigenvalue weighted by Gasteiger charge is 2.28. The standard InChI is InChI=1S/C29H36N4O4/c1-4-6-23-20(10-11-21-12-14-26(37-27(21)23)29-30-32-33-31-29)7-5-16-36-25-15-13-22(18(2)34)28(35-3)24(25)17-19-8-9-19/h10-11,13,15,19,26H,4-9,12,14,16-17H2,1-3H3,(H,30,31,32,33). The zero-order chi connectivity index (χ0) is 25.8. The number of tetrazole rings is 1. The van der Waals surface area contributed by atoms with E-state index in [4.69, 9.17) is 14.2 Å². The van der Waals surface area contributed by atoms with Gasteiger partial charge < -0.3 is 14.2 Å². The van der Waals surface area contributed by atoms with Crippen LogP contribution in [-0.2, 0) is 25.7 Å². The molecule has 1 unspecified atom stereocenters. The van der Waals surface area contributed by atoms with Crippen LogP contribution in [-0.4, -0.2) is 40.1 Å². The van der Waals surface area contributed by atoms with Gasteiger partial charge in [-0.3, -0.25) is 4.79 Å². The van der Waals surface area contributed by atoms with Gasteiger partial charge in [0.2, 0.25) is 5.82 Å². The summed E-state index contributed by atoms with van der Waals surface area (Å²) in [6.45, 7) is 4.38. The maximum atomic E-state index is 12.1. The van der Waals surface area contributed by atoms with Gasteiger partial charge in [0.05, 0.1) is 19.3 Å². The average molecular weight is 505 g/mol. The van der Waals surface area contributed by atoms with Crippen LogP contribution in [0.25, 0.3) is 0 Å². The Balaban J connectivity index is 1.29. The molecule has 0 bridgehead atoms. The molecule has 1 saturated carbocycles. The number of carbonyl (C=O) groups is 1. The number of hydrogen-bond acceptors (Lipinski definition) is 7. The molecule has 8 nitrogen and oxygen atoms in total. The molecule has 2 aliphatic rings. The Kier molecular flexibility index (Phi) is 7.72. The van der Waals surface area contributed by atoms with E-state index in [1.165, 1.54) is 29.5 Å². The fourth-order valence-corrected chi connectivity index (χ4v) is 5.30. The van der Waals surface area contributed by atoms with Crippen molar-refractivity contribution in [2.75, 3.05) is 13.7 Å². The third kappa shape index (κ3) is 5.63. The minimum absolute atomic E-state index is 0.0140. The van der Waals surface area contributed by atoms with Gasteiger partial charge >= 0.3 is 0 Å². The highest BCUT2D eigenvalue weighted by molar-refractivity contribution is 5.97. The Labute approximate surface area is 218 Å². The zero-order valence-electron chi connectivity index (χ0n) is 22.0. The number of carbonyl (C=O) groups excluding carboxylic acids is 1. The second-order valence-electron chi connectivity index (χ2n) is 10.1. The number of benzene rings is 2. The van der Waals surface area contributed by atoms with Crippen molar-refractivity contribution >= 4 is 5.78 Å². The summed E-state index contributed by atoms with van der Waals surface area (Å²) in [5, 5.41) is 14.5. The number of nitrogens with one attached hydrogen (secondary N) is 1. The summed E-state index contributed by atoms with van der Waals surface area (Å²) >= 11 is 0. The molecule has 0 saturated heterocycles. The lowest BCUT2D eigenvalue weighted by Crippen LogP contribution is -2.18. The predicted molar refractivity (Wildman–Crippen MR) is 140 cm³/mol. The van der Waals surface area contributed by atoms with Crippen molar-refractivity contribution in [3.8, 4) is 17.2 Å². The minimum Gasteiger partial charge on any atom is -0.496 e. The molecule has 1 fully saturated rings. The molecule has 37 heavy (non-hydrogen) atoms. The number of methoxy groups -OCH3 is 1. The quantitative estimate of drug-likeness (QED) is 0.261. The number of ketones is 1. The SMILES string of the molecule is CCCc1c(CCCOc2ccc(C(C)=O)c(OC)c2CC2CC2)ccc2c1OC(c1nn[nH]n1)CC2. The van der Waals surface area contributed by atoms with Gasteiger partial charge in [0.15, 0.2) is 11.9 Å². The van der Waals surface area contributed by atoms with E-state index in [2.05, 4.69) is 39.7 Å². The molecule has 1 aromatic heterocycles. The van der Waals surface area contributed by atoms with Crippen molar-refractivity contribution in [3.63, 3.8) is 0 Å². The van der Waals surface area contributed by atoms with Crippen LogP contribution in [0.15, 0.2) is 24.3 Å². The molecule has 196 valence electrons. The van der Waals surface area contributed by atoms with E-state index in [1.807, 2.05) is 12.1 Å². The molecule has 1 atom stereocenters. The van der Waals surface area contributed by atoms with Crippen molar-refractivity contribution < 1.29 is 19.0 Å². The third-order valence-electron chi connectivity index (χ3n) is 7.36. The van der Waals surface area contributed by atoms with E-state index in [0.717, 1.165) is 62.0 Å². The molecule has 2 heterocycles. The number of aryl methyl sites for hydroxylation is 2. The highest BCUT2D eigenvalue weighted by atomic mass is 16.5. The molecule has 1 N–H and O–H groups in total. The fourth-order valence-electron chi connectivity index (χ4n) is 5.30. The second-order valence-corrected chi connectivity index (χ2v) is 10.1. The topological polar surface area (TPSA) is 99.2 Å². The summed E-state index contributed by atoms with van der Waals surface area (Å²) in [4.78, 5) is 12.1. The number of nitrogens with zero attached hydrogens (tertiary/aromatic N) is 3. The summed E-state index contributed by atoms with van der Waals surface area (Å²) < 4.78 is 18.4. The molecule has 5 rings (SSSR count). The number of aromatic nitrogens is 4. The van der Waals surface area contributed by atoms with Crippen molar-refractivity contribution in [3.05, 3.63) is 57.9 Å². The molecule has 0 radical (unpaired) electrons. The lowest BCUT2D eigenvalue weighted by atomic mass is 9.91. The van der Waals surface area contributed by atoms with Crippen LogP contribution >= 0.6 is 0 Å². The number of fused-ring (bicyclic) bond motifs is 1. The molecular formula is C29H36N4O4. The smallest absolute Gasteiger partial charge is 0.214 e. The Bertz CT molecular complexity index is 1240. The normalized spacial score (nSPS) is 16.7. The van der Waals surface area contributed by atoms with Crippen LogP contribution < -0.4 is 14.2 Å². The molecule has 1 aliphatic carbocycles. The van der Waals surface area contributed by atoms with E-state index in [-0.39, 0.29) is 11.9 Å². The van der Waals surface area contributed by atoms with Gasteiger partial charge in [-0.2, -0.15) is 5.21 Å². The van der Waals surface area contributed by atoms with Crippen LogP contribution in [0.5, 0.6) is 17.2 Å². The van der Waals surface area contributed by atoms with Gasteiger partial charge in [-0.1, -0.05) is 30.7 Å². The first-order valence-corrected chi connectivity index (χ1v) is 13.5. The second kappa shape index (κ2) is 11.3. The number of ether oxygens (including phenoxy) is 3. The minimum atomic E-state index is -0.168. The van der Waals surface area contributed by atoms with E-state index in [1.54, 1.807) is 14.0 Å². The van der Waals surface area contributed by atoms with Crippen molar-refractivity contribution in [1.29, 1.82) is 0 Å². The summed E-state index contributed by atoms with van der Waals surface area (Å²) in [7, 11) is 1.64. The summed E-state index contributed by atoms with van der Waals surface area (Å²) in [6, 6.07) is 8.22. The lowest BCUT2D eigenvalue weighted by molar-refractivity contribution is 0.101. The first kappa shape index (κ1) is 25.2. The van der Waals surface area contributed by atoms with E-state index in [9.17, 15) is 4.79 Å². The Morgan fingerprint density at radius 2 is 2.00 bits per heavy atom. The summed E-state index contributed by atoms with van der Waals surface area (Å²) in [5.74, 6) is 3.78. The zero-order valence-corrected chi connectivity index (χ0v) is 22.0. The number of aromatic amines is 1. The number of H-pyrrole nitrogens is 1. The predicted octanol–water partition coefficient (Wildman–Crippen LogP) is 5.39. The molecule has 3 aromatic rings. The maximum absolute atomic E-state index is 12.1. The lowest BCUT2D eigenvalue weighted by Gasteiger charge is -2.27. The first-order chi connectivity index (χ1) is 18.1. The molecule has 0 spiro atoms. The highest BCUT2D eigenvalue weighted by Crippen LogP contribution is 2.41. The number of rotatable bonds is 12. The Morgan fingerprint density at radius 1 is 1.14 bits per heavy atom. The first-order valence-electron chi connectivity index (χ1n) is 13.5. The van der Waals surface area contributed by atoms with Crippen LogP contribution in [0.1, 0.15) is 90.5 Å². The van der Waals surface area contributed by atoms with E-state index < -0.39 is 0 Å². The Hall–Kier alpha value is -3.42. The summed E-state index contributed by atoms with van der Waals surface area (Å²) in [5.41, 5.74) is 5.50. The van der Waals surface area contributed by atoms with Gasteiger partial charge in [0, 0.05) is 5.56 Å². The Morgan fingerprint density at radius 3 is 2.70 bits per heavy atom. The molecule has 1 aliphatic heterocycles. The monoisotopic (exact) mass is 504 g/mol. The maximum Gasteiger partial charge on any atom is 0.214 e. The van der Waals surface area contributed by atoms with Crippen molar-refractivity contribution in [2.45, 2.75) is 77.7 Å². The van der Waals surface area contributed by atoms with Crippen LogP contribution in [0, 0.1) is 5.92 Å². The molecular weight excluding hydrogens is 468 g/mol. The summed E-state index contributed by atoms with van der Waals surface area (Å²) in [6.07, 6.45) is 8.75. The fraction of sp³-hybridized carbons (Fsp3) is 0.517. The van der Waals surface area contributed by atoms with Gasteiger partial charge in [0.25, 0.3) is 0 Å². The molecule has 0 amide bonds.